The fraction of sp³-hybridized carbons (Fsp3) is 0.688. The molecule has 1 unspecified atom stereocenters. The Morgan fingerprint density at radius 1 is 1.23 bits per heavy atom. The molecule has 0 aromatic carbocycles. The van der Waals surface area contributed by atoms with Crippen LogP contribution in [0.4, 0.5) is 13.2 Å². The fourth-order valence-corrected chi connectivity index (χ4v) is 3.04. The van der Waals surface area contributed by atoms with Crippen LogP contribution in [0.2, 0.25) is 0 Å². The van der Waals surface area contributed by atoms with Crippen LogP contribution in [0.25, 0.3) is 0 Å². The third-order valence-electron chi connectivity index (χ3n) is 4.35. The molecule has 0 bridgehead atoms. The molecule has 0 radical (unpaired) electrons. The maximum Gasteiger partial charge on any atom is 0.421 e. The van der Waals surface area contributed by atoms with Crippen molar-refractivity contribution in [1.82, 2.24) is 9.88 Å². The van der Waals surface area contributed by atoms with Crippen molar-refractivity contribution >= 4 is 0 Å². The van der Waals surface area contributed by atoms with E-state index in [1.54, 1.807) is 0 Å². The van der Waals surface area contributed by atoms with Gasteiger partial charge in [0.05, 0.1) is 6.61 Å². The molecule has 1 aliphatic carbocycles. The zero-order valence-electron chi connectivity index (χ0n) is 12.5. The van der Waals surface area contributed by atoms with Gasteiger partial charge in [-0.25, -0.2) is 4.98 Å². The maximum atomic E-state index is 12.9. The molecule has 1 aliphatic heterocycles. The summed E-state index contributed by atoms with van der Waals surface area (Å²) in [5.41, 5.74) is -0.791. The summed E-state index contributed by atoms with van der Waals surface area (Å²) >= 11 is 0. The van der Waals surface area contributed by atoms with Gasteiger partial charge in [-0.2, -0.15) is 13.2 Å². The van der Waals surface area contributed by atoms with Crippen molar-refractivity contribution in [2.24, 2.45) is 11.8 Å². The Morgan fingerprint density at radius 3 is 2.77 bits per heavy atom. The summed E-state index contributed by atoms with van der Waals surface area (Å²) in [4.78, 5) is 6.18. The zero-order chi connectivity index (χ0) is 15.6. The van der Waals surface area contributed by atoms with Crippen molar-refractivity contribution in [1.29, 1.82) is 0 Å². The van der Waals surface area contributed by atoms with E-state index in [2.05, 4.69) is 9.88 Å². The first-order valence-corrected chi connectivity index (χ1v) is 7.90. The van der Waals surface area contributed by atoms with Crippen LogP contribution in [0.5, 0.6) is 5.88 Å². The van der Waals surface area contributed by atoms with E-state index < -0.39 is 11.7 Å². The highest BCUT2D eigenvalue weighted by Gasteiger charge is 2.35. The van der Waals surface area contributed by atoms with Crippen molar-refractivity contribution in [2.45, 2.75) is 31.9 Å². The topological polar surface area (TPSA) is 25.4 Å². The number of halogens is 3. The van der Waals surface area contributed by atoms with Crippen molar-refractivity contribution < 1.29 is 17.9 Å². The molecule has 6 heteroatoms. The van der Waals surface area contributed by atoms with Gasteiger partial charge < -0.3 is 9.64 Å². The van der Waals surface area contributed by atoms with Gasteiger partial charge in [0, 0.05) is 25.2 Å². The molecule has 3 nitrogen and oxygen atoms in total. The number of rotatable bonds is 5. The summed E-state index contributed by atoms with van der Waals surface area (Å²) in [6.45, 7) is 3.46. The van der Waals surface area contributed by atoms with E-state index in [4.69, 9.17) is 4.74 Å². The molecule has 3 rings (SSSR count). The molecule has 2 fully saturated rings. The first-order valence-electron chi connectivity index (χ1n) is 7.90. The molecule has 1 saturated heterocycles. The smallest absolute Gasteiger partial charge is 0.421 e. The lowest BCUT2D eigenvalue weighted by molar-refractivity contribution is -0.139. The van der Waals surface area contributed by atoms with Gasteiger partial charge in [0.15, 0.2) is 0 Å². The largest absolute Gasteiger partial charge is 0.477 e. The highest BCUT2D eigenvalue weighted by molar-refractivity contribution is 5.28. The van der Waals surface area contributed by atoms with Crippen molar-refractivity contribution in [2.75, 3.05) is 26.2 Å². The Kier molecular flexibility index (Phi) is 4.57. The summed E-state index contributed by atoms with van der Waals surface area (Å²) in [7, 11) is 0. The molecule has 2 aliphatic rings. The number of alkyl halides is 3. The summed E-state index contributed by atoms with van der Waals surface area (Å²) in [6, 6.07) is 2.30. The molecule has 0 spiro atoms. The van der Waals surface area contributed by atoms with Crippen molar-refractivity contribution in [3.8, 4) is 5.88 Å². The quantitative estimate of drug-likeness (QED) is 0.830. The first-order chi connectivity index (χ1) is 10.5. The second kappa shape index (κ2) is 6.44. The number of nitrogens with zero attached hydrogens (tertiary/aromatic N) is 2. The second-order valence-electron chi connectivity index (χ2n) is 6.38. The molecule has 1 saturated carbocycles. The predicted octanol–water partition coefficient (Wildman–Crippen LogP) is 3.60. The van der Waals surface area contributed by atoms with Crippen molar-refractivity contribution in [3.05, 3.63) is 23.9 Å². The average molecular weight is 314 g/mol. The van der Waals surface area contributed by atoms with Gasteiger partial charge in [-0.1, -0.05) is 0 Å². The van der Waals surface area contributed by atoms with Crippen LogP contribution < -0.4 is 4.74 Å². The van der Waals surface area contributed by atoms with Gasteiger partial charge in [0.2, 0.25) is 5.88 Å². The Labute approximate surface area is 128 Å². The monoisotopic (exact) mass is 314 g/mol. The molecular weight excluding hydrogens is 293 g/mol. The minimum Gasteiger partial charge on any atom is -0.477 e. The van der Waals surface area contributed by atoms with Gasteiger partial charge in [0.1, 0.15) is 5.56 Å². The van der Waals surface area contributed by atoms with Gasteiger partial charge >= 0.3 is 6.18 Å². The van der Waals surface area contributed by atoms with E-state index in [0.29, 0.717) is 6.61 Å². The number of hydrogen-bond acceptors (Lipinski definition) is 3. The Morgan fingerprint density at radius 2 is 2.05 bits per heavy atom. The summed E-state index contributed by atoms with van der Waals surface area (Å²) < 4.78 is 44.1. The van der Waals surface area contributed by atoms with Gasteiger partial charge in [0.25, 0.3) is 0 Å². The Balaban J connectivity index is 1.55. The summed E-state index contributed by atoms with van der Waals surface area (Å²) in [5.74, 6) is 0.831. The molecule has 122 valence electrons. The minimum absolute atomic E-state index is 0.288. The Hall–Kier alpha value is -1.30. The van der Waals surface area contributed by atoms with E-state index in [1.165, 1.54) is 25.1 Å². The summed E-state index contributed by atoms with van der Waals surface area (Å²) in [5, 5.41) is 0. The molecule has 1 atom stereocenters. The van der Waals surface area contributed by atoms with Crippen LogP contribution in [-0.2, 0) is 6.18 Å². The molecule has 2 heterocycles. The zero-order valence-corrected chi connectivity index (χ0v) is 12.5. The second-order valence-corrected chi connectivity index (χ2v) is 6.38. The lowest BCUT2D eigenvalue weighted by Crippen LogP contribution is -2.38. The van der Waals surface area contributed by atoms with Gasteiger partial charge in [-0.15, -0.1) is 0 Å². The molecule has 22 heavy (non-hydrogen) atoms. The SMILES string of the molecule is FC(F)(F)c1cccnc1OCC1CCCN(CC2CC2)C1. The van der Waals surface area contributed by atoms with E-state index in [1.807, 2.05) is 0 Å². The number of piperidine rings is 1. The third kappa shape index (κ3) is 4.12. The van der Waals surface area contributed by atoms with Crippen molar-refractivity contribution in [3.63, 3.8) is 0 Å². The molecule has 0 N–H and O–H groups in total. The van der Waals surface area contributed by atoms with Crippen LogP contribution >= 0.6 is 0 Å². The number of hydrogen-bond donors (Lipinski definition) is 0. The molecule has 1 aromatic rings. The lowest BCUT2D eigenvalue weighted by atomic mass is 9.99. The number of aromatic nitrogens is 1. The van der Waals surface area contributed by atoms with E-state index in [0.717, 1.165) is 44.5 Å². The molecular formula is C16H21F3N2O. The van der Waals surface area contributed by atoms with Crippen LogP contribution in [0.15, 0.2) is 18.3 Å². The normalized spacial score (nSPS) is 23.5. The van der Waals surface area contributed by atoms with Crippen LogP contribution in [0, 0.1) is 11.8 Å². The number of likely N-dealkylation sites (tertiary alicyclic amines) is 1. The lowest BCUT2D eigenvalue weighted by Gasteiger charge is -2.32. The molecule has 0 amide bonds. The highest BCUT2D eigenvalue weighted by Crippen LogP contribution is 2.35. The molecule has 1 aromatic heterocycles. The highest BCUT2D eigenvalue weighted by atomic mass is 19.4. The van der Waals surface area contributed by atoms with Gasteiger partial charge in [-0.05, 0) is 50.3 Å². The first kappa shape index (κ1) is 15.6. The fourth-order valence-electron chi connectivity index (χ4n) is 3.04. The standard InChI is InChI=1S/C16H21F3N2O/c17-16(18,19)14-4-1-7-20-15(14)22-11-13-3-2-8-21(10-13)9-12-5-6-12/h1,4,7,12-13H,2-3,5-6,8-11H2. The van der Waals surface area contributed by atoms with Crippen LogP contribution in [0.1, 0.15) is 31.2 Å². The Bertz CT molecular complexity index is 502. The predicted molar refractivity (Wildman–Crippen MR) is 76.6 cm³/mol. The number of ether oxygens (including phenoxy) is 1. The third-order valence-corrected chi connectivity index (χ3v) is 4.35. The van der Waals surface area contributed by atoms with Crippen LogP contribution in [-0.4, -0.2) is 36.1 Å². The van der Waals surface area contributed by atoms with E-state index in [9.17, 15) is 13.2 Å². The van der Waals surface area contributed by atoms with Gasteiger partial charge in [-0.3, -0.25) is 0 Å². The van der Waals surface area contributed by atoms with E-state index >= 15 is 0 Å². The maximum absolute atomic E-state index is 12.9. The minimum atomic E-state index is -4.42. The average Bonchev–Trinajstić information content (AvgIpc) is 3.29. The van der Waals surface area contributed by atoms with Crippen LogP contribution in [0.3, 0.4) is 0 Å². The number of pyridine rings is 1. The summed E-state index contributed by atoms with van der Waals surface area (Å²) in [6.07, 6.45) is 1.66. The van der Waals surface area contributed by atoms with E-state index in [-0.39, 0.29) is 11.8 Å².